The Kier molecular flexibility index (Phi) is 5.66. The average Bonchev–Trinajstić information content (AvgIpc) is 3.43. The Labute approximate surface area is 161 Å². The Balaban J connectivity index is 1.41. The van der Waals surface area contributed by atoms with Crippen LogP contribution in [0.1, 0.15) is 49.8 Å². The van der Waals surface area contributed by atoms with Gasteiger partial charge in [0.2, 0.25) is 0 Å². The number of aliphatic imine (C=N–C) groups is 1. The Morgan fingerprint density at radius 2 is 2.04 bits per heavy atom. The van der Waals surface area contributed by atoms with Crippen LogP contribution in [0.5, 0.6) is 5.75 Å². The summed E-state index contributed by atoms with van der Waals surface area (Å²) in [4.78, 5) is 4.82. The smallest absolute Gasteiger partial charge is 0.191 e. The van der Waals surface area contributed by atoms with Crippen LogP contribution in [0.15, 0.2) is 52.1 Å². The Morgan fingerprint density at radius 3 is 2.85 bits per heavy atom. The third-order valence-corrected chi connectivity index (χ3v) is 5.61. The normalized spacial score (nSPS) is 20.9. The fraction of sp³-hybridized carbons (Fsp3) is 0.500. The molecule has 2 N–H and O–H groups in total. The van der Waals surface area contributed by atoms with E-state index in [9.17, 15) is 0 Å². The summed E-state index contributed by atoms with van der Waals surface area (Å²) < 4.78 is 11.3. The van der Waals surface area contributed by atoms with E-state index < -0.39 is 0 Å². The molecule has 2 aromatic rings. The number of hydrogen-bond donors (Lipinski definition) is 2. The molecule has 2 heterocycles. The molecule has 2 atom stereocenters. The van der Waals surface area contributed by atoms with Gasteiger partial charge in [0, 0.05) is 36.5 Å². The molecule has 0 saturated heterocycles. The van der Waals surface area contributed by atoms with Crippen LogP contribution in [-0.2, 0) is 6.42 Å². The number of nitrogens with zero attached hydrogens (tertiary/aromatic N) is 1. The molecular formula is C22H29N3O2. The average molecular weight is 367 g/mol. The SMILES string of the molecule is CC(NC(=NCCc1ccco1)NC1CCCC1)C1COc2ccccc21. The van der Waals surface area contributed by atoms with E-state index in [1.54, 1.807) is 6.26 Å². The Hall–Kier alpha value is -2.43. The second-order valence-electron chi connectivity index (χ2n) is 7.57. The molecular weight excluding hydrogens is 338 g/mol. The van der Waals surface area contributed by atoms with Crippen molar-refractivity contribution in [2.45, 2.75) is 57.0 Å². The fourth-order valence-corrected chi connectivity index (χ4v) is 4.05. The van der Waals surface area contributed by atoms with Gasteiger partial charge in [0.25, 0.3) is 0 Å². The summed E-state index contributed by atoms with van der Waals surface area (Å²) >= 11 is 0. The molecule has 0 radical (unpaired) electrons. The van der Waals surface area contributed by atoms with Crippen LogP contribution in [0.25, 0.3) is 0 Å². The standard InChI is InChI=1S/C22H29N3O2/c1-16(20-15-27-21-11-5-4-10-19(20)21)24-22(25-17-7-2-3-8-17)23-13-12-18-9-6-14-26-18/h4-6,9-11,14,16-17,20H,2-3,7-8,12-13,15H2,1H3,(H2,23,24,25). The monoisotopic (exact) mass is 367 g/mol. The van der Waals surface area contributed by atoms with Crippen molar-refractivity contribution in [3.05, 3.63) is 54.0 Å². The van der Waals surface area contributed by atoms with Crippen molar-refractivity contribution in [2.75, 3.05) is 13.2 Å². The molecule has 0 bridgehead atoms. The van der Waals surface area contributed by atoms with Crippen molar-refractivity contribution in [1.82, 2.24) is 10.6 Å². The summed E-state index contributed by atoms with van der Waals surface area (Å²) in [5, 5.41) is 7.28. The quantitative estimate of drug-likeness (QED) is 0.601. The van der Waals surface area contributed by atoms with Gasteiger partial charge >= 0.3 is 0 Å². The lowest BCUT2D eigenvalue weighted by atomic mass is 9.94. The second-order valence-corrected chi connectivity index (χ2v) is 7.57. The zero-order valence-corrected chi connectivity index (χ0v) is 16.0. The first kappa shape index (κ1) is 18.0. The summed E-state index contributed by atoms with van der Waals surface area (Å²) in [6.45, 7) is 3.64. The van der Waals surface area contributed by atoms with E-state index in [4.69, 9.17) is 14.1 Å². The van der Waals surface area contributed by atoms with Gasteiger partial charge in [-0.15, -0.1) is 0 Å². The highest BCUT2D eigenvalue weighted by molar-refractivity contribution is 5.80. The first-order valence-electron chi connectivity index (χ1n) is 10.1. The summed E-state index contributed by atoms with van der Waals surface area (Å²) in [7, 11) is 0. The van der Waals surface area contributed by atoms with Crippen molar-refractivity contribution < 1.29 is 9.15 Å². The number of furan rings is 1. The predicted molar refractivity (Wildman–Crippen MR) is 107 cm³/mol. The molecule has 27 heavy (non-hydrogen) atoms. The zero-order valence-electron chi connectivity index (χ0n) is 16.0. The van der Waals surface area contributed by atoms with Gasteiger partial charge in [0.1, 0.15) is 11.5 Å². The van der Waals surface area contributed by atoms with Gasteiger partial charge in [0.15, 0.2) is 5.96 Å². The Bertz CT molecular complexity index is 751. The topological polar surface area (TPSA) is 58.8 Å². The van der Waals surface area contributed by atoms with Crippen molar-refractivity contribution in [3.63, 3.8) is 0 Å². The highest BCUT2D eigenvalue weighted by Crippen LogP contribution is 2.35. The molecule has 2 unspecified atom stereocenters. The summed E-state index contributed by atoms with van der Waals surface area (Å²) in [6, 6.07) is 13.0. The number of hydrogen-bond acceptors (Lipinski definition) is 3. The molecule has 2 aliphatic rings. The van der Waals surface area contributed by atoms with Crippen LogP contribution in [0, 0.1) is 0 Å². The number of fused-ring (bicyclic) bond motifs is 1. The minimum atomic E-state index is 0.241. The molecule has 1 aromatic carbocycles. The van der Waals surface area contributed by atoms with Crippen molar-refractivity contribution in [2.24, 2.45) is 4.99 Å². The largest absolute Gasteiger partial charge is 0.493 e. The highest BCUT2D eigenvalue weighted by Gasteiger charge is 2.29. The first-order chi connectivity index (χ1) is 13.3. The van der Waals surface area contributed by atoms with Gasteiger partial charge in [-0.25, -0.2) is 0 Å². The van der Waals surface area contributed by atoms with E-state index in [0.29, 0.717) is 18.5 Å². The van der Waals surface area contributed by atoms with Gasteiger partial charge in [-0.2, -0.15) is 0 Å². The lowest BCUT2D eigenvalue weighted by Gasteiger charge is -2.24. The van der Waals surface area contributed by atoms with Gasteiger partial charge in [-0.1, -0.05) is 31.0 Å². The summed E-state index contributed by atoms with van der Waals surface area (Å²) in [6.07, 6.45) is 7.58. The van der Waals surface area contributed by atoms with Crippen LogP contribution in [0.4, 0.5) is 0 Å². The molecule has 144 valence electrons. The zero-order chi connectivity index (χ0) is 18.5. The van der Waals surface area contributed by atoms with Gasteiger partial charge in [-0.05, 0) is 38.0 Å². The third kappa shape index (κ3) is 4.46. The third-order valence-electron chi connectivity index (χ3n) is 5.61. The Morgan fingerprint density at radius 1 is 1.19 bits per heavy atom. The van der Waals surface area contributed by atoms with Crippen LogP contribution < -0.4 is 15.4 Å². The van der Waals surface area contributed by atoms with E-state index in [1.807, 2.05) is 18.2 Å². The maximum absolute atomic E-state index is 5.86. The van der Waals surface area contributed by atoms with Crippen LogP contribution in [0.2, 0.25) is 0 Å². The van der Waals surface area contributed by atoms with E-state index >= 15 is 0 Å². The van der Waals surface area contributed by atoms with E-state index in [2.05, 4.69) is 35.8 Å². The molecule has 5 heteroatoms. The number of nitrogens with one attached hydrogen (secondary N) is 2. The molecule has 1 aromatic heterocycles. The highest BCUT2D eigenvalue weighted by atomic mass is 16.5. The minimum absolute atomic E-state index is 0.241. The van der Waals surface area contributed by atoms with Crippen molar-refractivity contribution >= 4 is 5.96 Å². The molecule has 1 aliphatic heterocycles. The number of benzene rings is 1. The first-order valence-corrected chi connectivity index (χ1v) is 10.1. The molecule has 1 aliphatic carbocycles. The van der Waals surface area contributed by atoms with E-state index in [0.717, 1.165) is 30.5 Å². The minimum Gasteiger partial charge on any atom is -0.493 e. The number of rotatable bonds is 6. The summed E-state index contributed by atoms with van der Waals surface area (Å²) in [5.74, 6) is 3.23. The predicted octanol–water partition coefficient (Wildman–Crippen LogP) is 3.86. The van der Waals surface area contributed by atoms with Crippen LogP contribution >= 0.6 is 0 Å². The van der Waals surface area contributed by atoms with Gasteiger partial charge < -0.3 is 19.8 Å². The van der Waals surface area contributed by atoms with E-state index in [1.165, 1.54) is 31.2 Å². The molecule has 0 amide bonds. The number of guanidine groups is 1. The number of para-hydroxylation sites is 1. The molecule has 1 fully saturated rings. The van der Waals surface area contributed by atoms with Gasteiger partial charge in [-0.3, -0.25) is 4.99 Å². The van der Waals surface area contributed by atoms with Crippen LogP contribution in [0.3, 0.4) is 0 Å². The summed E-state index contributed by atoms with van der Waals surface area (Å²) in [5.41, 5.74) is 1.29. The molecule has 1 saturated carbocycles. The molecule has 0 spiro atoms. The van der Waals surface area contributed by atoms with E-state index in [-0.39, 0.29) is 6.04 Å². The van der Waals surface area contributed by atoms with Crippen LogP contribution in [-0.4, -0.2) is 31.2 Å². The van der Waals surface area contributed by atoms with Crippen molar-refractivity contribution in [3.8, 4) is 5.75 Å². The molecule has 4 rings (SSSR count). The number of ether oxygens (including phenoxy) is 1. The maximum atomic E-state index is 5.86. The fourth-order valence-electron chi connectivity index (χ4n) is 4.05. The van der Waals surface area contributed by atoms with Gasteiger partial charge in [0.05, 0.1) is 12.9 Å². The second kappa shape index (κ2) is 8.51. The lowest BCUT2D eigenvalue weighted by molar-refractivity contribution is 0.312. The van der Waals surface area contributed by atoms with Crippen molar-refractivity contribution in [1.29, 1.82) is 0 Å². The maximum Gasteiger partial charge on any atom is 0.191 e. The molecule has 5 nitrogen and oxygen atoms in total. The lowest BCUT2D eigenvalue weighted by Crippen LogP contribution is -2.48.